The fraction of sp³-hybridized carbons (Fsp3) is 0.750. The zero-order valence-corrected chi connectivity index (χ0v) is 18.0. The highest BCUT2D eigenvalue weighted by molar-refractivity contribution is 14.0. The monoisotopic (exact) mass is 452 g/mol. The van der Waals surface area contributed by atoms with Crippen LogP contribution in [0.3, 0.4) is 0 Å². The van der Waals surface area contributed by atoms with Crippen molar-refractivity contribution in [2.45, 2.75) is 59.2 Å². The van der Waals surface area contributed by atoms with Gasteiger partial charge in [-0.15, -0.1) is 35.3 Å². The fourth-order valence-corrected chi connectivity index (χ4v) is 3.53. The number of methoxy groups -OCH3 is 1. The number of hydrogen-bond donors (Lipinski definition) is 2. The van der Waals surface area contributed by atoms with Gasteiger partial charge >= 0.3 is 0 Å². The topological polar surface area (TPSA) is 58.5 Å². The van der Waals surface area contributed by atoms with E-state index in [4.69, 9.17) is 4.74 Å². The summed E-state index contributed by atoms with van der Waals surface area (Å²) < 4.78 is 5.68. The number of halogens is 1. The predicted octanol–water partition coefficient (Wildman–Crippen LogP) is 3.33. The molecule has 1 aliphatic rings. The van der Waals surface area contributed by atoms with Gasteiger partial charge in [0.05, 0.1) is 12.1 Å². The number of guanidine groups is 1. The molecule has 132 valence electrons. The zero-order valence-electron chi connectivity index (χ0n) is 14.9. The molecule has 0 saturated heterocycles. The molecule has 1 saturated carbocycles. The van der Waals surface area contributed by atoms with Gasteiger partial charge in [-0.25, -0.2) is 9.98 Å². The number of aromatic nitrogens is 1. The molecule has 2 rings (SSSR count). The van der Waals surface area contributed by atoms with E-state index >= 15 is 0 Å². The minimum atomic E-state index is -0.0750. The summed E-state index contributed by atoms with van der Waals surface area (Å²) in [4.78, 5) is 9.12. The van der Waals surface area contributed by atoms with Crippen LogP contribution in [0.2, 0.25) is 0 Å². The van der Waals surface area contributed by atoms with Gasteiger partial charge in [0.25, 0.3) is 0 Å². The summed E-state index contributed by atoms with van der Waals surface area (Å²) in [5.74, 6) is 0.853. The van der Waals surface area contributed by atoms with Gasteiger partial charge in [0.2, 0.25) is 0 Å². The van der Waals surface area contributed by atoms with Crippen LogP contribution in [0.4, 0.5) is 0 Å². The maximum absolute atomic E-state index is 5.68. The Bertz CT molecular complexity index is 546. The highest BCUT2D eigenvalue weighted by Gasteiger charge is 2.58. The lowest BCUT2D eigenvalue weighted by molar-refractivity contribution is -0.176. The molecule has 2 N–H and O–H groups in total. The Morgan fingerprint density at radius 1 is 1.48 bits per heavy atom. The number of rotatable bonds is 5. The quantitative estimate of drug-likeness (QED) is 0.409. The number of aryl methyl sites for hydroxylation is 1. The zero-order chi connectivity index (χ0) is 16.4. The smallest absolute Gasteiger partial charge is 0.191 e. The van der Waals surface area contributed by atoms with Crippen LogP contribution in [-0.4, -0.2) is 36.2 Å². The lowest BCUT2D eigenvalue weighted by Gasteiger charge is -2.59. The third kappa shape index (κ3) is 4.36. The summed E-state index contributed by atoms with van der Waals surface area (Å²) in [6, 6.07) is 0.355. The Labute approximate surface area is 160 Å². The van der Waals surface area contributed by atoms with Crippen molar-refractivity contribution < 1.29 is 4.74 Å². The van der Waals surface area contributed by atoms with E-state index in [2.05, 4.69) is 53.7 Å². The van der Waals surface area contributed by atoms with E-state index in [0.29, 0.717) is 12.6 Å². The van der Waals surface area contributed by atoms with Gasteiger partial charge in [-0.2, -0.15) is 0 Å². The molecule has 0 aliphatic heterocycles. The molecule has 0 radical (unpaired) electrons. The number of nitrogens with one attached hydrogen (secondary N) is 2. The summed E-state index contributed by atoms with van der Waals surface area (Å²) in [6.45, 7) is 12.2. The van der Waals surface area contributed by atoms with E-state index in [1.807, 2.05) is 6.92 Å². The Morgan fingerprint density at radius 2 is 2.17 bits per heavy atom. The highest BCUT2D eigenvalue weighted by atomic mass is 127. The van der Waals surface area contributed by atoms with Crippen molar-refractivity contribution >= 4 is 41.3 Å². The lowest BCUT2D eigenvalue weighted by atomic mass is 9.56. The fourth-order valence-electron chi connectivity index (χ4n) is 2.83. The molecule has 2 atom stereocenters. The first-order chi connectivity index (χ1) is 10.3. The molecule has 1 aromatic rings. The van der Waals surface area contributed by atoms with Crippen LogP contribution in [0, 0.1) is 12.3 Å². The number of ether oxygens (including phenoxy) is 1. The van der Waals surface area contributed by atoms with Gasteiger partial charge in [-0.3, -0.25) is 0 Å². The molecule has 2 unspecified atom stereocenters. The third-order valence-corrected chi connectivity index (χ3v) is 5.92. The van der Waals surface area contributed by atoms with Crippen LogP contribution in [-0.2, 0) is 11.3 Å². The van der Waals surface area contributed by atoms with Crippen LogP contribution in [0.1, 0.15) is 44.8 Å². The summed E-state index contributed by atoms with van der Waals surface area (Å²) in [6.07, 6.45) is 0.983. The molecule has 23 heavy (non-hydrogen) atoms. The normalized spacial score (nSPS) is 26.2. The average molecular weight is 452 g/mol. The highest BCUT2D eigenvalue weighted by Crippen LogP contribution is 2.51. The molecule has 0 spiro atoms. The van der Waals surface area contributed by atoms with Crippen molar-refractivity contribution in [2.75, 3.05) is 13.7 Å². The molecule has 1 aliphatic carbocycles. The van der Waals surface area contributed by atoms with Gasteiger partial charge < -0.3 is 15.4 Å². The van der Waals surface area contributed by atoms with Crippen molar-refractivity contribution in [2.24, 2.45) is 10.4 Å². The van der Waals surface area contributed by atoms with Crippen molar-refractivity contribution in [3.8, 4) is 0 Å². The second-order valence-corrected chi connectivity index (χ2v) is 7.58. The van der Waals surface area contributed by atoms with Gasteiger partial charge in [-0.05, 0) is 27.2 Å². The van der Waals surface area contributed by atoms with E-state index in [1.165, 1.54) is 0 Å². The Balaban J connectivity index is 0.00000264. The van der Waals surface area contributed by atoms with Crippen LogP contribution in [0.25, 0.3) is 0 Å². The maximum atomic E-state index is 5.68. The SMILES string of the molecule is CCNC(=NCc1nc(C)cs1)NC1CC(C)(OC)C1(C)C.I. The standard InChI is InChI=1S/C16H28N4OS.HI/c1-7-17-14(18-9-13-19-11(2)10-22-13)20-12-8-16(5,21-6)15(12,3)4;/h10,12H,7-9H2,1-6H3,(H2,17,18,20);1H. The minimum absolute atomic E-state index is 0. The van der Waals surface area contributed by atoms with E-state index in [-0.39, 0.29) is 35.0 Å². The number of aliphatic imine (C=N–C) groups is 1. The Hall–Kier alpha value is -0.410. The van der Waals surface area contributed by atoms with Gasteiger partial charge in [0, 0.05) is 36.2 Å². The average Bonchev–Trinajstić information content (AvgIpc) is 2.89. The van der Waals surface area contributed by atoms with Crippen LogP contribution < -0.4 is 10.6 Å². The van der Waals surface area contributed by atoms with Crippen LogP contribution in [0.15, 0.2) is 10.4 Å². The predicted molar refractivity (Wildman–Crippen MR) is 108 cm³/mol. The van der Waals surface area contributed by atoms with Crippen molar-refractivity contribution in [1.82, 2.24) is 15.6 Å². The summed E-state index contributed by atoms with van der Waals surface area (Å²) in [5, 5.41) is 9.97. The molecule has 5 nitrogen and oxygen atoms in total. The van der Waals surface area contributed by atoms with Gasteiger partial charge in [-0.1, -0.05) is 13.8 Å². The van der Waals surface area contributed by atoms with E-state index in [9.17, 15) is 0 Å². The molecule has 0 bridgehead atoms. The van der Waals surface area contributed by atoms with E-state index < -0.39 is 0 Å². The number of nitrogens with zero attached hydrogens (tertiary/aromatic N) is 2. The van der Waals surface area contributed by atoms with Crippen molar-refractivity contribution in [3.63, 3.8) is 0 Å². The Kier molecular flexibility index (Phi) is 7.28. The van der Waals surface area contributed by atoms with Crippen molar-refractivity contribution in [1.29, 1.82) is 0 Å². The largest absolute Gasteiger partial charge is 0.378 e. The molecular formula is C16H29IN4OS. The first kappa shape index (κ1) is 20.6. The first-order valence-electron chi connectivity index (χ1n) is 7.83. The van der Waals surface area contributed by atoms with Gasteiger partial charge in [0.15, 0.2) is 5.96 Å². The lowest BCUT2D eigenvalue weighted by Crippen LogP contribution is -2.69. The minimum Gasteiger partial charge on any atom is -0.378 e. The molecular weight excluding hydrogens is 423 g/mol. The van der Waals surface area contributed by atoms with Gasteiger partial charge in [0.1, 0.15) is 5.01 Å². The molecule has 0 aromatic carbocycles. The number of hydrogen-bond acceptors (Lipinski definition) is 4. The molecule has 0 amide bonds. The van der Waals surface area contributed by atoms with E-state index in [0.717, 1.165) is 29.6 Å². The second-order valence-electron chi connectivity index (χ2n) is 6.64. The van der Waals surface area contributed by atoms with Crippen LogP contribution >= 0.6 is 35.3 Å². The molecule has 1 fully saturated rings. The third-order valence-electron chi connectivity index (χ3n) is 4.97. The van der Waals surface area contributed by atoms with Crippen molar-refractivity contribution in [3.05, 3.63) is 16.1 Å². The van der Waals surface area contributed by atoms with Crippen LogP contribution in [0.5, 0.6) is 0 Å². The Morgan fingerprint density at radius 3 is 2.65 bits per heavy atom. The molecule has 1 aromatic heterocycles. The second kappa shape index (κ2) is 8.11. The summed E-state index contributed by atoms with van der Waals surface area (Å²) >= 11 is 1.66. The molecule has 7 heteroatoms. The first-order valence-corrected chi connectivity index (χ1v) is 8.71. The summed E-state index contributed by atoms with van der Waals surface area (Å²) in [7, 11) is 1.79. The maximum Gasteiger partial charge on any atom is 0.191 e. The summed E-state index contributed by atoms with van der Waals surface area (Å²) in [5.41, 5.74) is 1.05. The number of thiazole rings is 1. The van der Waals surface area contributed by atoms with E-state index in [1.54, 1.807) is 18.4 Å². The molecule has 1 heterocycles.